The van der Waals surface area contributed by atoms with E-state index in [2.05, 4.69) is 27.3 Å². The van der Waals surface area contributed by atoms with Gasteiger partial charge in [-0.15, -0.1) is 0 Å². The van der Waals surface area contributed by atoms with Gasteiger partial charge < -0.3 is 10.5 Å². The maximum absolute atomic E-state index is 11.3. The topological polar surface area (TPSA) is 52.3 Å². The lowest BCUT2D eigenvalue weighted by Gasteiger charge is -2.08. The van der Waals surface area contributed by atoms with Gasteiger partial charge >= 0.3 is 5.97 Å². The number of benzene rings is 1. The lowest BCUT2D eigenvalue weighted by atomic mass is 10.1. The first-order valence-corrected chi connectivity index (χ1v) is 4.78. The van der Waals surface area contributed by atoms with Crippen LogP contribution in [0.25, 0.3) is 0 Å². The maximum Gasteiger partial charge on any atom is 0.339 e. The third-order valence-electron chi connectivity index (χ3n) is 1.85. The largest absolute Gasteiger partial charge is 0.465 e. The number of halogens is 1. The molecule has 0 bridgehead atoms. The zero-order valence-corrected chi connectivity index (χ0v) is 9.58. The second-order valence-corrected chi connectivity index (χ2v) is 3.79. The molecule has 0 fully saturated rings. The van der Waals surface area contributed by atoms with E-state index in [1.807, 2.05) is 6.92 Å². The van der Waals surface area contributed by atoms with Crippen LogP contribution in [0.1, 0.15) is 15.9 Å². The van der Waals surface area contributed by atoms with E-state index in [1.165, 1.54) is 7.11 Å². The summed E-state index contributed by atoms with van der Waals surface area (Å²) in [4.78, 5) is 11.3. The van der Waals surface area contributed by atoms with Crippen LogP contribution < -0.4 is 5.73 Å². The number of methoxy groups -OCH3 is 1. The summed E-state index contributed by atoms with van der Waals surface area (Å²) in [5, 5.41) is 0. The summed E-state index contributed by atoms with van der Waals surface area (Å²) in [5.41, 5.74) is 7.62. The van der Waals surface area contributed by atoms with Crippen LogP contribution in [0, 0.1) is 10.5 Å². The predicted octanol–water partition coefficient (Wildman–Crippen LogP) is 1.97. The first-order chi connectivity index (χ1) is 6.07. The Morgan fingerprint density at radius 1 is 1.54 bits per heavy atom. The summed E-state index contributed by atoms with van der Waals surface area (Å²) in [6, 6.07) is 3.58. The molecule has 70 valence electrons. The molecule has 0 heterocycles. The number of esters is 1. The number of hydrogen-bond donors (Lipinski definition) is 1. The zero-order chi connectivity index (χ0) is 10.0. The van der Waals surface area contributed by atoms with E-state index in [1.54, 1.807) is 12.1 Å². The van der Waals surface area contributed by atoms with Crippen molar-refractivity contribution < 1.29 is 9.53 Å². The molecule has 0 aliphatic rings. The molecule has 2 N–H and O–H groups in total. The highest BCUT2D eigenvalue weighted by Gasteiger charge is 2.14. The highest BCUT2D eigenvalue weighted by Crippen LogP contribution is 2.22. The Bertz CT molecular complexity index is 350. The Morgan fingerprint density at radius 3 is 2.69 bits per heavy atom. The van der Waals surface area contributed by atoms with Gasteiger partial charge in [-0.2, -0.15) is 0 Å². The summed E-state index contributed by atoms with van der Waals surface area (Å²) < 4.78 is 5.51. The number of anilines is 1. The van der Waals surface area contributed by atoms with Gasteiger partial charge in [-0.3, -0.25) is 0 Å². The van der Waals surface area contributed by atoms with Crippen LogP contribution in [0.2, 0.25) is 0 Å². The summed E-state index contributed by atoms with van der Waals surface area (Å²) in [6.07, 6.45) is 0. The van der Waals surface area contributed by atoms with Gasteiger partial charge in [0.2, 0.25) is 0 Å². The quantitative estimate of drug-likeness (QED) is 0.489. The van der Waals surface area contributed by atoms with Gasteiger partial charge in [0.15, 0.2) is 0 Å². The highest BCUT2D eigenvalue weighted by atomic mass is 127. The molecular formula is C9H10INO2. The smallest absolute Gasteiger partial charge is 0.339 e. The van der Waals surface area contributed by atoms with E-state index < -0.39 is 0 Å². The van der Waals surface area contributed by atoms with Crippen molar-refractivity contribution in [2.75, 3.05) is 12.8 Å². The number of hydrogen-bond acceptors (Lipinski definition) is 3. The Kier molecular flexibility index (Phi) is 3.13. The van der Waals surface area contributed by atoms with Crippen molar-refractivity contribution in [3.8, 4) is 0 Å². The van der Waals surface area contributed by atoms with E-state index in [0.29, 0.717) is 11.3 Å². The van der Waals surface area contributed by atoms with Gasteiger partial charge in [-0.05, 0) is 47.2 Å². The molecule has 0 amide bonds. The van der Waals surface area contributed by atoms with Crippen molar-refractivity contribution >= 4 is 34.2 Å². The average molecular weight is 291 g/mol. The van der Waals surface area contributed by atoms with Crippen molar-refractivity contribution in [1.82, 2.24) is 0 Å². The zero-order valence-electron chi connectivity index (χ0n) is 7.43. The molecule has 0 spiro atoms. The van der Waals surface area contributed by atoms with E-state index in [4.69, 9.17) is 5.73 Å². The van der Waals surface area contributed by atoms with Crippen LogP contribution >= 0.6 is 22.6 Å². The summed E-state index contributed by atoms with van der Waals surface area (Å²) >= 11 is 2.08. The Morgan fingerprint density at radius 2 is 2.15 bits per heavy atom. The third kappa shape index (κ3) is 1.93. The van der Waals surface area contributed by atoms with Crippen LogP contribution in [0.3, 0.4) is 0 Å². The van der Waals surface area contributed by atoms with E-state index >= 15 is 0 Å². The van der Waals surface area contributed by atoms with Gasteiger partial charge in [-0.1, -0.05) is 0 Å². The van der Waals surface area contributed by atoms with Gasteiger partial charge in [-0.25, -0.2) is 4.79 Å². The van der Waals surface area contributed by atoms with Gasteiger partial charge in [0.05, 0.1) is 12.7 Å². The molecule has 0 atom stereocenters. The average Bonchev–Trinajstić information content (AvgIpc) is 2.12. The van der Waals surface area contributed by atoms with Crippen LogP contribution in [0.15, 0.2) is 12.1 Å². The molecule has 13 heavy (non-hydrogen) atoms. The van der Waals surface area contributed by atoms with E-state index in [0.717, 1.165) is 9.13 Å². The van der Waals surface area contributed by atoms with Crippen LogP contribution in [-0.4, -0.2) is 13.1 Å². The highest BCUT2D eigenvalue weighted by molar-refractivity contribution is 14.1. The van der Waals surface area contributed by atoms with Gasteiger partial charge in [0, 0.05) is 9.26 Å². The first kappa shape index (κ1) is 10.3. The molecule has 0 aromatic heterocycles. The summed E-state index contributed by atoms with van der Waals surface area (Å²) in [6.45, 7) is 1.81. The van der Waals surface area contributed by atoms with Crippen molar-refractivity contribution in [3.63, 3.8) is 0 Å². The van der Waals surface area contributed by atoms with Crippen molar-refractivity contribution in [2.24, 2.45) is 0 Å². The number of nitrogen functional groups attached to an aromatic ring is 1. The minimum absolute atomic E-state index is 0.339. The lowest BCUT2D eigenvalue weighted by molar-refractivity contribution is 0.0599. The van der Waals surface area contributed by atoms with Crippen LogP contribution in [-0.2, 0) is 4.74 Å². The van der Waals surface area contributed by atoms with Crippen LogP contribution in [0.5, 0.6) is 0 Å². The van der Waals surface area contributed by atoms with E-state index in [9.17, 15) is 4.79 Å². The van der Waals surface area contributed by atoms with Gasteiger partial charge in [0.25, 0.3) is 0 Å². The summed E-state index contributed by atoms with van der Waals surface area (Å²) in [5.74, 6) is -0.339. The second kappa shape index (κ2) is 3.95. The molecule has 0 radical (unpaired) electrons. The molecule has 0 saturated carbocycles. The fraction of sp³-hybridized carbons (Fsp3) is 0.222. The van der Waals surface area contributed by atoms with Gasteiger partial charge in [0.1, 0.15) is 0 Å². The second-order valence-electron chi connectivity index (χ2n) is 2.63. The molecule has 1 aromatic carbocycles. The molecule has 0 aliphatic heterocycles. The molecule has 0 aliphatic carbocycles. The Balaban J connectivity index is 3.33. The molecule has 0 unspecified atom stereocenters. The number of carbonyl (C=O) groups excluding carboxylic acids is 1. The normalized spacial score (nSPS) is 9.77. The van der Waals surface area contributed by atoms with Crippen molar-refractivity contribution in [1.29, 1.82) is 0 Å². The molecule has 1 rings (SSSR count). The maximum atomic E-state index is 11.3. The molecule has 0 saturated heterocycles. The van der Waals surface area contributed by atoms with Crippen molar-refractivity contribution in [3.05, 3.63) is 26.8 Å². The number of nitrogens with two attached hydrogens (primary N) is 1. The number of carbonyl (C=O) groups is 1. The fourth-order valence-corrected chi connectivity index (χ4v) is 1.85. The first-order valence-electron chi connectivity index (χ1n) is 3.70. The Hall–Kier alpha value is -0.780. The molecule has 4 heteroatoms. The third-order valence-corrected chi connectivity index (χ3v) is 2.74. The molecule has 3 nitrogen and oxygen atoms in total. The predicted molar refractivity (Wildman–Crippen MR) is 59.6 cm³/mol. The monoisotopic (exact) mass is 291 g/mol. The molecule has 1 aromatic rings. The molecular weight excluding hydrogens is 281 g/mol. The summed E-state index contributed by atoms with van der Waals surface area (Å²) in [7, 11) is 1.36. The Labute approximate surface area is 90.4 Å². The number of ether oxygens (including phenoxy) is 1. The SMILES string of the molecule is COC(=O)c1c(I)ccc(N)c1C. The van der Waals surface area contributed by atoms with E-state index in [-0.39, 0.29) is 5.97 Å². The minimum Gasteiger partial charge on any atom is -0.465 e. The standard InChI is InChI=1S/C9H10INO2/c1-5-7(11)4-3-6(10)8(5)9(12)13-2/h3-4H,11H2,1-2H3. The fourth-order valence-electron chi connectivity index (χ4n) is 1.05. The number of rotatable bonds is 1. The van der Waals surface area contributed by atoms with Crippen molar-refractivity contribution in [2.45, 2.75) is 6.92 Å². The van der Waals surface area contributed by atoms with Crippen LogP contribution in [0.4, 0.5) is 5.69 Å². The lowest BCUT2D eigenvalue weighted by Crippen LogP contribution is -2.08. The minimum atomic E-state index is -0.339.